The summed E-state index contributed by atoms with van der Waals surface area (Å²) in [6.07, 6.45) is 1.04. The first-order chi connectivity index (χ1) is 10.2. The van der Waals surface area contributed by atoms with Crippen LogP contribution in [-0.4, -0.2) is 59.2 Å². The van der Waals surface area contributed by atoms with Gasteiger partial charge in [-0.3, -0.25) is 9.10 Å². The second-order valence-corrected chi connectivity index (χ2v) is 7.13. The van der Waals surface area contributed by atoms with Gasteiger partial charge in [-0.25, -0.2) is 12.8 Å². The highest BCUT2D eigenvalue weighted by molar-refractivity contribution is 7.92. The fourth-order valence-electron chi connectivity index (χ4n) is 1.83. The molecule has 0 atom stereocenters. The third-order valence-electron chi connectivity index (χ3n) is 2.92. The van der Waals surface area contributed by atoms with Gasteiger partial charge in [-0.2, -0.15) is 0 Å². The molecule has 0 aliphatic rings. The van der Waals surface area contributed by atoms with Crippen LogP contribution in [0.25, 0.3) is 0 Å². The van der Waals surface area contributed by atoms with E-state index in [2.05, 4.69) is 5.32 Å². The van der Waals surface area contributed by atoms with E-state index in [1.165, 1.54) is 18.2 Å². The van der Waals surface area contributed by atoms with Gasteiger partial charge in [0.2, 0.25) is 15.9 Å². The predicted octanol–water partition coefficient (Wildman–Crippen LogP) is 0.660. The lowest BCUT2D eigenvalue weighted by Crippen LogP contribution is -2.36. The molecule has 1 aromatic carbocycles. The molecule has 8 heteroatoms. The minimum Gasteiger partial charge on any atom is -0.355 e. The zero-order chi connectivity index (χ0) is 16.8. The van der Waals surface area contributed by atoms with Crippen molar-refractivity contribution >= 4 is 21.6 Å². The van der Waals surface area contributed by atoms with Crippen molar-refractivity contribution in [1.29, 1.82) is 0 Å². The average molecular weight is 331 g/mol. The quantitative estimate of drug-likeness (QED) is 0.760. The summed E-state index contributed by atoms with van der Waals surface area (Å²) in [4.78, 5) is 13.7. The van der Waals surface area contributed by atoms with Crippen LogP contribution in [0.1, 0.15) is 6.42 Å². The maximum atomic E-state index is 13.3. The van der Waals surface area contributed by atoms with E-state index in [0.29, 0.717) is 13.1 Å². The van der Waals surface area contributed by atoms with Gasteiger partial charge < -0.3 is 10.2 Å². The van der Waals surface area contributed by atoms with E-state index in [0.717, 1.165) is 16.6 Å². The van der Waals surface area contributed by atoms with Gasteiger partial charge in [-0.15, -0.1) is 0 Å². The number of amides is 1. The monoisotopic (exact) mass is 331 g/mol. The maximum Gasteiger partial charge on any atom is 0.232 e. The molecule has 1 amide bonds. The van der Waals surface area contributed by atoms with Crippen molar-refractivity contribution in [2.75, 3.05) is 44.3 Å². The van der Waals surface area contributed by atoms with Crippen molar-refractivity contribution in [3.8, 4) is 0 Å². The summed E-state index contributed by atoms with van der Waals surface area (Å²) in [5.41, 5.74) is 0.212. The number of sulfonamides is 1. The van der Waals surface area contributed by atoms with Crippen LogP contribution in [0.2, 0.25) is 0 Å². The van der Waals surface area contributed by atoms with Crippen molar-refractivity contribution < 1.29 is 17.6 Å². The van der Waals surface area contributed by atoms with Crippen LogP contribution in [0, 0.1) is 5.82 Å². The normalized spacial score (nSPS) is 11.5. The number of anilines is 1. The van der Waals surface area contributed by atoms with Crippen molar-refractivity contribution in [1.82, 2.24) is 10.2 Å². The van der Waals surface area contributed by atoms with Crippen molar-refractivity contribution in [2.45, 2.75) is 6.42 Å². The van der Waals surface area contributed by atoms with E-state index < -0.39 is 15.8 Å². The summed E-state index contributed by atoms with van der Waals surface area (Å²) >= 11 is 0. The average Bonchev–Trinajstić information content (AvgIpc) is 2.37. The molecule has 124 valence electrons. The third-order valence-corrected chi connectivity index (χ3v) is 4.11. The molecule has 1 N–H and O–H groups in total. The molecule has 0 saturated heterocycles. The second kappa shape index (κ2) is 8.09. The Bertz CT molecular complexity index is 605. The Morgan fingerprint density at radius 3 is 2.50 bits per heavy atom. The number of halogens is 1. The highest BCUT2D eigenvalue weighted by atomic mass is 32.2. The standard InChI is InChI=1S/C14H22FN3O3S/c1-17(2)10-8-16-14(19)7-9-18(22(3,20)21)13-6-4-5-12(15)11-13/h4-6,11H,7-10H2,1-3H3,(H,16,19). The smallest absolute Gasteiger partial charge is 0.232 e. The Labute approximate surface area is 131 Å². The van der Waals surface area contributed by atoms with Gasteiger partial charge in [0.1, 0.15) is 5.82 Å². The first kappa shape index (κ1) is 18.4. The number of carbonyl (C=O) groups is 1. The first-order valence-electron chi connectivity index (χ1n) is 6.85. The summed E-state index contributed by atoms with van der Waals surface area (Å²) in [5, 5.41) is 2.71. The largest absolute Gasteiger partial charge is 0.355 e. The number of hydrogen-bond acceptors (Lipinski definition) is 4. The molecule has 0 aromatic heterocycles. The number of hydrogen-bond donors (Lipinski definition) is 1. The van der Waals surface area contributed by atoms with Crippen LogP contribution < -0.4 is 9.62 Å². The summed E-state index contributed by atoms with van der Waals surface area (Å²) in [6.45, 7) is 1.16. The van der Waals surface area contributed by atoms with Crippen molar-refractivity contribution in [3.63, 3.8) is 0 Å². The van der Waals surface area contributed by atoms with Crippen LogP contribution >= 0.6 is 0 Å². The van der Waals surface area contributed by atoms with Gasteiger partial charge in [-0.05, 0) is 32.3 Å². The number of benzene rings is 1. The minimum absolute atomic E-state index is 0.0109. The second-order valence-electron chi connectivity index (χ2n) is 5.22. The zero-order valence-electron chi connectivity index (χ0n) is 13.0. The molecular formula is C14H22FN3O3S. The number of nitrogens with one attached hydrogen (secondary N) is 1. The van der Waals surface area contributed by atoms with Crippen molar-refractivity contribution in [2.24, 2.45) is 0 Å². The van der Waals surface area contributed by atoms with E-state index in [-0.39, 0.29) is 24.6 Å². The van der Waals surface area contributed by atoms with Gasteiger partial charge >= 0.3 is 0 Å². The lowest BCUT2D eigenvalue weighted by atomic mass is 10.3. The van der Waals surface area contributed by atoms with Gasteiger partial charge in [0.25, 0.3) is 0 Å². The molecule has 1 aromatic rings. The maximum absolute atomic E-state index is 13.3. The lowest BCUT2D eigenvalue weighted by Gasteiger charge is -2.22. The highest BCUT2D eigenvalue weighted by Crippen LogP contribution is 2.18. The van der Waals surface area contributed by atoms with Gasteiger partial charge in [0.05, 0.1) is 11.9 Å². The SMILES string of the molecule is CN(C)CCNC(=O)CCN(c1cccc(F)c1)S(C)(=O)=O. The summed E-state index contributed by atoms with van der Waals surface area (Å²) in [5.74, 6) is -0.770. The topological polar surface area (TPSA) is 69.7 Å². The molecule has 0 aliphatic heterocycles. The molecule has 6 nitrogen and oxygen atoms in total. The predicted molar refractivity (Wildman–Crippen MR) is 84.8 cm³/mol. The molecular weight excluding hydrogens is 309 g/mol. The van der Waals surface area contributed by atoms with Gasteiger partial charge in [0.15, 0.2) is 0 Å². The highest BCUT2D eigenvalue weighted by Gasteiger charge is 2.18. The van der Waals surface area contributed by atoms with Crippen molar-refractivity contribution in [3.05, 3.63) is 30.1 Å². The number of likely N-dealkylation sites (N-methyl/N-ethyl adjacent to an activating group) is 1. The zero-order valence-corrected chi connectivity index (χ0v) is 13.9. The molecule has 0 bridgehead atoms. The first-order valence-corrected chi connectivity index (χ1v) is 8.69. The Morgan fingerprint density at radius 1 is 1.27 bits per heavy atom. The fourth-order valence-corrected chi connectivity index (χ4v) is 2.75. The molecule has 0 aliphatic carbocycles. The molecule has 0 heterocycles. The Hall–Kier alpha value is -1.67. The summed E-state index contributed by atoms with van der Waals surface area (Å²) in [7, 11) is 0.195. The van der Waals surface area contributed by atoms with E-state index in [1.807, 2.05) is 19.0 Å². The van der Waals surface area contributed by atoms with Crippen LogP contribution in [0.4, 0.5) is 10.1 Å². The Kier molecular flexibility index (Phi) is 6.76. The van der Waals surface area contributed by atoms with E-state index in [1.54, 1.807) is 0 Å². The van der Waals surface area contributed by atoms with Crippen LogP contribution in [-0.2, 0) is 14.8 Å². The Morgan fingerprint density at radius 2 is 1.95 bits per heavy atom. The molecule has 0 unspecified atom stereocenters. The van der Waals surface area contributed by atoms with Gasteiger partial charge in [0, 0.05) is 26.1 Å². The van der Waals surface area contributed by atoms with Gasteiger partial charge in [-0.1, -0.05) is 6.07 Å². The van der Waals surface area contributed by atoms with Crippen LogP contribution in [0.5, 0.6) is 0 Å². The minimum atomic E-state index is -3.59. The number of carbonyl (C=O) groups excluding carboxylic acids is 1. The third kappa shape index (κ3) is 6.40. The fraction of sp³-hybridized carbons (Fsp3) is 0.500. The molecule has 0 saturated carbocycles. The van der Waals surface area contributed by atoms with E-state index >= 15 is 0 Å². The van der Waals surface area contributed by atoms with E-state index in [9.17, 15) is 17.6 Å². The van der Waals surface area contributed by atoms with Crippen LogP contribution in [0.3, 0.4) is 0 Å². The van der Waals surface area contributed by atoms with E-state index in [4.69, 9.17) is 0 Å². The Balaban J connectivity index is 2.66. The van der Waals surface area contributed by atoms with Crippen LogP contribution in [0.15, 0.2) is 24.3 Å². The molecule has 0 spiro atoms. The molecule has 1 rings (SSSR count). The summed E-state index contributed by atoms with van der Waals surface area (Å²) < 4.78 is 37.9. The lowest BCUT2D eigenvalue weighted by molar-refractivity contribution is -0.120. The summed E-state index contributed by atoms with van der Waals surface area (Å²) in [6, 6.07) is 5.29. The molecule has 0 radical (unpaired) electrons. The molecule has 0 fully saturated rings. The number of nitrogens with zero attached hydrogens (tertiary/aromatic N) is 2. The molecule has 22 heavy (non-hydrogen) atoms. The number of rotatable bonds is 8.